The SMILES string of the molecule is CCn1ccc(CCl)c1CCl. The Labute approximate surface area is 76.9 Å². The largest absolute Gasteiger partial charge is 0.350 e. The zero-order valence-corrected chi connectivity index (χ0v) is 7.99. The Balaban J connectivity index is 2.99. The van der Waals surface area contributed by atoms with Gasteiger partial charge in [0.15, 0.2) is 0 Å². The van der Waals surface area contributed by atoms with Gasteiger partial charge in [-0.15, -0.1) is 23.2 Å². The summed E-state index contributed by atoms with van der Waals surface area (Å²) < 4.78 is 2.12. The Kier molecular flexibility index (Phi) is 3.28. The van der Waals surface area contributed by atoms with E-state index in [0.29, 0.717) is 11.8 Å². The van der Waals surface area contributed by atoms with E-state index in [1.54, 1.807) is 0 Å². The van der Waals surface area contributed by atoms with Crippen LogP contribution < -0.4 is 0 Å². The van der Waals surface area contributed by atoms with Gasteiger partial charge in [-0.05, 0) is 18.6 Å². The summed E-state index contributed by atoms with van der Waals surface area (Å²) in [6, 6.07) is 2.02. The summed E-state index contributed by atoms with van der Waals surface area (Å²) in [6.45, 7) is 3.05. The van der Waals surface area contributed by atoms with Gasteiger partial charge in [-0.25, -0.2) is 0 Å². The highest BCUT2D eigenvalue weighted by Crippen LogP contribution is 2.15. The molecule has 1 aromatic rings. The molecule has 0 amide bonds. The molecular formula is C8H11Cl2N. The molecule has 0 aromatic carbocycles. The van der Waals surface area contributed by atoms with Crippen LogP contribution in [0.1, 0.15) is 18.2 Å². The van der Waals surface area contributed by atoms with E-state index in [9.17, 15) is 0 Å². The number of alkyl halides is 2. The maximum absolute atomic E-state index is 5.76. The zero-order valence-electron chi connectivity index (χ0n) is 6.48. The first kappa shape index (κ1) is 8.95. The zero-order chi connectivity index (χ0) is 8.27. The Morgan fingerprint density at radius 2 is 2.09 bits per heavy atom. The van der Waals surface area contributed by atoms with Gasteiger partial charge in [-0.3, -0.25) is 0 Å². The molecule has 1 nitrogen and oxygen atoms in total. The van der Waals surface area contributed by atoms with E-state index in [2.05, 4.69) is 11.5 Å². The number of nitrogens with zero attached hydrogens (tertiary/aromatic N) is 1. The molecule has 1 rings (SSSR count). The molecule has 0 fully saturated rings. The van der Waals surface area contributed by atoms with Crippen molar-refractivity contribution >= 4 is 23.2 Å². The van der Waals surface area contributed by atoms with Crippen LogP contribution >= 0.6 is 23.2 Å². The summed E-state index contributed by atoms with van der Waals surface area (Å²) in [5.41, 5.74) is 2.28. The topological polar surface area (TPSA) is 4.93 Å². The van der Waals surface area contributed by atoms with Gasteiger partial charge in [0.2, 0.25) is 0 Å². The van der Waals surface area contributed by atoms with Crippen LogP contribution in [0.15, 0.2) is 12.3 Å². The molecule has 0 N–H and O–H groups in total. The first-order valence-corrected chi connectivity index (χ1v) is 4.69. The van der Waals surface area contributed by atoms with Gasteiger partial charge >= 0.3 is 0 Å². The molecule has 0 aliphatic carbocycles. The molecule has 0 atom stereocenters. The van der Waals surface area contributed by atoms with Gasteiger partial charge in [0.1, 0.15) is 0 Å². The van der Waals surface area contributed by atoms with E-state index < -0.39 is 0 Å². The number of halogens is 2. The molecule has 0 saturated heterocycles. The molecular weight excluding hydrogens is 181 g/mol. The van der Waals surface area contributed by atoms with Crippen molar-refractivity contribution in [2.45, 2.75) is 25.2 Å². The Morgan fingerprint density at radius 3 is 2.55 bits per heavy atom. The fourth-order valence-corrected chi connectivity index (χ4v) is 1.70. The lowest BCUT2D eigenvalue weighted by Gasteiger charge is -2.03. The fourth-order valence-electron chi connectivity index (χ4n) is 1.13. The number of hydrogen-bond donors (Lipinski definition) is 0. The van der Waals surface area contributed by atoms with E-state index in [4.69, 9.17) is 23.2 Å². The highest BCUT2D eigenvalue weighted by Gasteiger charge is 2.04. The van der Waals surface area contributed by atoms with Crippen LogP contribution in [-0.4, -0.2) is 4.57 Å². The van der Waals surface area contributed by atoms with Crippen molar-refractivity contribution in [2.75, 3.05) is 0 Å². The number of aromatic nitrogens is 1. The van der Waals surface area contributed by atoms with E-state index in [1.165, 1.54) is 0 Å². The molecule has 62 valence electrons. The van der Waals surface area contributed by atoms with Crippen molar-refractivity contribution < 1.29 is 0 Å². The molecule has 0 aliphatic rings. The molecule has 0 bridgehead atoms. The second-order valence-corrected chi connectivity index (χ2v) is 2.88. The van der Waals surface area contributed by atoms with Gasteiger partial charge in [-0.2, -0.15) is 0 Å². The highest BCUT2D eigenvalue weighted by atomic mass is 35.5. The van der Waals surface area contributed by atoms with Crippen LogP contribution in [0.25, 0.3) is 0 Å². The lowest BCUT2D eigenvalue weighted by molar-refractivity contribution is 0.735. The van der Waals surface area contributed by atoms with Crippen LogP contribution in [0, 0.1) is 0 Å². The predicted molar refractivity (Wildman–Crippen MR) is 49.2 cm³/mol. The number of aryl methyl sites for hydroxylation is 1. The van der Waals surface area contributed by atoms with E-state index in [-0.39, 0.29) is 0 Å². The van der Waals surface area contributed by atoms with Crippen LogP contribution in [-0.2, 0) is 18.3 Å². The molecule has 11 heavy (non-hydrogen) atoms. The number of rotatable bonds is 3. The van der Waals surface area contributed by atoms with Crippen LogP contribution in [0.5, 0.6) is 0 Å². The van der Waals surface area contributed by atoms with Crippen molar-refractivity contribution in [3.8, 4) is 0 Å². The third-order valence-electron chi connectivity index (χ3n) is 1.78. The van der Waals surface area contributed by atoms with Gasteiger partial charge < -0.3 is 4.57 Å². The average Bonchev–Trinajstić information content (AvgIpc) is 2.45. The maximum atomic E-state index is 5.76. The third-order valence-corrected chi connectivity index (χ3v) is 2.33. The summed E-state index contributed by atoms with van der Waals surface area (Å²) >= 11 is 11.5. The van der Waals surface area contributed by atoms with Crippen molar-refractivity contribution in [3.05, 3.63) is 23.5 Å². The van der Waals surface area contributed by atoms with Crippen molar-refractivity contribution in [1.29, 1.82) is 0 Å². The monoisotopic (exact) mass is 191 g/mol. The van der Waals surface area contributed by atoms with Crippen LogP contribution in [0.2, 0.25) is 0 Å². The van der Waals surface area contributed by atoms with Crippen molar-refractivity contribution in [3.63, 3.8) is 0 Å². The van der Waals surface area contributed by atoms with Crippen LogP contribution in [0.4, 0.5) is 0 Å². The molecule has 0 radical (unpaired) electrons. The fraction of sp³-hybridized carbons (Fsp3) is 0.500. The van der Waals surface area contributed by atoms with Crippen LogP contribution in [0.3, 0.4) is 0 Å². The number of hydrogen-bond acceptors (Lipinski definition) is 0. The first-order chi connectivity index (χ1) is 5.33. The average molecular weight is 192 g/mol. The van der Waals surface area contributed by atoms with Crippen molar-refractivity contribution in [2.24, 2.45) is 0 Å². The minimum atomic E-state index is 0.545. The van der Waals surface area contributed by atoms with Gasteiger partial charge in [0.05, 0.1) is 5.88 Å². The molecule has 0 saturated carbocycles. The van der Waals surface area contributed by atoms with E-state index in [1.807, 2.05) is 12.3 Å². The second-order valence-electron chi connectivity index (χ2n) is 2.34. The Bertz CT molecular complexity index is 208. The maximum Gasteiger partial charge on any atom is 0.0630 e. The molecule has 0 unspecified atom stereocenters. The summed E-state index contributed by atoms with van der Waals surface area (Å²) in [5.74, 6) is 1.10. The normalized spacial score (nSPS) is 10.5. The molecule has 1 aromatic heterocycles. The molecule has 1 heterocycles. The Morgan fingerprint density at radius 1 is 1.36 bits per heavy atom. The molecule has 0 aliphatic heterocycles. The summed E-state index contributed by atoms with van der Waals surface area (Å²) in [4.78, 5) is 0. The summed E-state index contributed by atoms with van der Waals surface area (Å²) in [7, 11) is 0. The van der Waals surface area contributed by atoms with E-state index >= 15 is 0 Å². The van der Waals surface area contributed by atoms with Gasteiger partial charge in [-0.1, -0.05) is 0 Å². The lowest BCUT2D eigenvalue weighted by Crippen LogP contribution is -1.98. The quantitative estimate of drug-likeness (QED) is 0.648. The minimum Gasteiger partial charge on any atom is -0.350 e. The third kappa shape index (κ3) is 1.71. The summed E-state index contributed by atoms with van der Waals surface area (Å²) in [5, 5.41) is 0. The van der Waals surface area contributed by atoms with E-state index in [0.717, 1.165) is 17.8 Å². The van der Waals surface area contributed by atoms with Crippen molar-refractivity contribution in [1.82, 2.24) is 4.57 Å². The predicted octanol–water partition coefficient (Wildman–Crippen LogP) is 2.99. The first-order valence-electron chi connectivity index (χ1n) is 3.62. The lowest BCUT2D eigenvalue weighted by atomic mass is 10.3. The standard InChI is InChI=1S/C8H11Cl2N/c1-2-11-4-3-7(5-9)8(11)6-10/h3-4H,2,5-6H2,1H3. The van der Waals surface area contributed by atoms with Gasteiger partial charge in [0, 0.05) is 24.3 Å². The second kappa shape index (κ2) is 4.03. The smallest absolute Gasteiger partial charge is 0.0630 e. The minimum absolute atomic E-state index is 0.545. The summed E-state index contributed by atoms with van der Waals surface area (Å²) in [6.07, 6.45) is 2.02. The highest BCUT2D eigenvalue weighted by molar-refractivity contribution is 6.18. The van der Waals surface area contributed by atoms with Gasteiger partial charge in [0.25, 0.3) is 0 Å². The Hall–Kier alpha value is -0.140. The molecule has 0 spiro atoms. The molecule has 3 heteroatoms.